The highest BCUT2D eigenvalue weighted by Gasteiger charge is 2.42. The third-order valence-electron chi connectivity index (χ3n) is 2.93. The third kappa shape index (κ3) is 2.29. The van der Waals surface area contributed by atoms with Crippen molar-refractivity contribution in [1.82, 2.24) is 0 Å². The Kier molecular flexibility index (Phi) is 3.38. The highest BCUT2D eigenvalue weighted by Crippen LogP contribution is 2.37. The van der Waals surface area contributed by atoms with Gasteiger partial charge in [0.25, 0.3) is 0 Å². The van der Waals surface area contributed by atoms with E-state index in [0.717, 1.165) is 4.88 Å². The summed E-state index contributed by atoms with van der Waals surface area (Å²) < 4.78 is 4.66. The predicted octanol–water partition coefficient (Wildman–Crippen LogP) is 1.55. The number of ketones is 2. The van der Waals surface area contributed by atoms with Crippen LogP contribution in [0.15, 0.2) is 17.5 Å². The van der Waals surface area contributed by atoms with E-state index in [9.17, 15) is 14.4 Å². The Balaban J connectivity index is 2.34. The molecule has 2 rings (SSSR count). The molecule has 1 fully saturated rings. The van der Waals surface area contributed by atoms with Crippen LogP contribution in [0.1, 0.15) is 23.6 Å². The molecule has 2 atom stereocenters. The van der Waals surface area contributed by atoms with E-state index in [-0.39, 0.29) is 30.3 Å². The van der Waals surface area contributed by atoms with Gasteiger partial charge in [-0.25, -0.2) is 0 Å². The van der Waals surface area contributed by atoms with E-state index >= 15 is 0 Å². The van der Waals surface area contributed by atoms with Crippen LogP contribution in [0.4, 0.5) is 0 Å². The smallest absolute Gasteiger partial charge is 0.316 e. The summed E-state index contributed by atoms with van der Waals surface area (Å²) in [7, 11) is 1.26. The number of thiophene rings is 1. The highest BCUT2D eigenvalue weighted by molar-refractivity contribution is 7.10. The lowest BCUT2D eigenvalue weighted by atomic mass is 9.77. The Hall–Kier alpha value is -1.49. The molecule has 1 aromatic rings. The van der Waals surface area contributed by atoms with E-state index in [1.54, 1.807) is 0 Å². The maximum Gasteiger partial charge on any atom is 0.316 e. The van der Waals surface area contributed by atoms with Gasteiger partial charge in [0.2, 0.25) is 0 Å². The number of rotatable bonds is 2. The fourth-order valence-electron chi connectivity index (χ4n) is 2.15. The number of hydrogen-bond donors (Lipinski definition) is 0. The Morgan fingerprint density at radius 2 is 2.24 bits per heavy atom. The molecular weight excluding hydrogens is 240 g/mol. The maximum absolute atomic E-state index is 11.8. The zero-order valence-corrected chi connectivity index (χ0v) is 10.2. The van der Waals surface area contributed by atoms with Crippen molar-refractivity contribution in [3.05, 3.63) is 22.4 Å². The predicted molar refractivity (Wildman–Crippen MR) is 61.8 cm³/mol. The minimum Gasteiger partial charge on any atom is -0.468 e. The number of methoxy groups -OCH3 is 1. The second-order valence-corrected chi connectivity index (χ2v) is 4.99. The van der Waals surface area contributed by atoms with Crippen molar-refractivity contribution in [2.24, 2.45) is 5.92 Å². The van der Waals surface area contributed by atoms with Gasteiger partial charge < -0.3 is 4.74 Å². The lowest BCUT2D eigenvalue weighted by molar-refractivity contribution is -0.152. The fraction of sp³-hybridized carbons (Fsp3) is 0.417. The second-order valence-electron chi connectivity index (χ2n) is 4.01. The van der Waals surface area contributed by atoms with Crippen LogP contribution >= 0.6 is 11.3 Å². The van der Waals surface area contributed by atoms with Crippen LogP contribution in [0, 0.1) is 5.92 Å². The Labute approximate surface area is 103 Å². The van der Waals surface area contributed by atoms with E-state index in [1.165, 1.54) is 18.4 Å². The summed E-state index contributed by atoms with van der Waals surface area (Å²) in [6.45, 7) is 0. The summed E-state index contributed by atoms with van der Waals surface area (Å²) in [5.74, 6) is -2.14. The average molecular weight is 252 g/mol. The van der Waals surface area contributed by atoms with Gasteiger partial charge >= 0.3 is 5.97 Å². The standard InChI is InChI=1S/C12H12O4S/c1-16-12(15)11-8(10-3-2-4-17-10)5-7(13)6-9(11)14/h2-4,8,11H,5-6H2,1H3. The van der Waals surface area contributed by atoms with Gasteiger partial charge in [-0.15, -0.1) is 11.3 Å². The van der Waals surface area contributed by atoms with Crippen LogP contribution in [0.5, 0.6) is 0 Å². The molecular formula is C12H12O4S. The van der Waals surface area contributed by atoms with Crippen LogP contribution in [-0.4, -0.2) is 24.6 Å². The molecule has 1 aliphatic rings. The van der Waals surface area contributed by atoms with Crippen LogP contribution in [0.2, 0.25) is 0 Å². The minimum atomic E-state index is -0.823. The highest BCUT2D eigenvalue weighted by atomic mass is 32.1. The summed E-state index contributed by atoms with van der Waals surface area (Å²) in [4.78, 5) is 35.8. The number of Topliss-reactive ketones (excluding diaryl/α,β-unsaturated/α-hetero) is 2. The SMILES string of the molecule is COC(=O)C1C(=O)CC(=O)CC1c1cccs1. The van der Waals surface area contributed by atoms with Crippen molar-refractivity contribution in [1.29, 1.82) is 0 Å². The summed E-state index contributed by atoms with van der Waals surface area (Å²) in [6, 6.07) is 3.69. The third-order valence-corrected chi connectivity index (χ3v) is 3.94. The molecule has 1 saturated carbocycles. The zero-order chi connectivity index (χ0) is 12.4. The lowest BCUT2D eigenvalue weighted by Gasteiger charge is -2.26. The largest absolute Gasteiger partial charge is 0.468 e. The Morgan fingerprint density at radius 1 is 1.47 bits per heavy atom. The van der Waals surface area contributed by atoms with Gasteiger partial charge in [-0.1, -0.05) is 6.07 Å². The first-order valence-corrected chi connectivity index (χ1v) is 6.17. The van der Waals surface area contributed by atoms with Crippen molar-refractivity contribution in [2.45, 2.75) is 18.8 Å². The van der Waals surface area contributed by atoms with E-state index in [2.05, 4.69) is 4.74 Å². The number of esters is 1. The topological polar surface area (TPSA) is 60.4 Å². The summed E-state index contributed by atoms with van der Waals surface area (Å²) in [5, 5.41) is 1.87. The van der Waals surface area contributed by atoms with E-state index in [0.29, 0.717) is 0 Å². The van der Waals surface area contributed by atoms with E-state index in [1.807, 2.05) is 17.5 Å². The Morgan fingerprint density at radius 3 is 2.82 bits per heavy atom. The minimum absolute atomic E-state index is 0.103. The number of carbonyl (C=O) groups excluding carboxylic acids is 3. The maximum atomic E-state index is 11.8. The van der Waals surface area contributed by atoms with Crippen molar-refractivity contribution >= 4 is 28.9 Å². The van der Waals surface area contributed by atoms with E-state index in [4.69, 9.17) is 0 Å². The molecule has 4 nitrogen and oxygen atoms in total. The van der Waals surface area contributed by atoms with Crippen LogP contribution < -0.4 is 0 Å². The summed E-state index contributed by atoms with van der Waals surface area (Å²) in [6.07, 6.45) is 0.0909. The molecule has 0 bridgehead atoms. The monoisotopic (exact) mass is 252 g/mol. The van der Waals surface area contributed by atoms with Gasteiger partial charge in [0, 0.05) is 17.2 Å². The molecule has 0 N–H and O–H groups in total. The fourth-order valence-corrected chi connectivity index (χ4v) is 3.02. The molecule has 5 heteroatoms. The molecule has 0 aromatic carbocycles. The molecule has 0 radical (unpaired) electrons. The lowest BCUT2D eigenvalue weighted by Crippen LogP contribution is -2.37. The van der Waals surface area contributed by atoms with Crippen LogP contribution in [0.25, 0.3) is 0 Å². The molecule has 17 heavy (non-hydrogen) atoms. The molecule has 1 heterocycles. The molecule has 1 aliphatic carbocycles. The molecule has 0 saturated heterocycles. The van der Waals surface area contributed by atoms with E-state index < -0.39 is 11.9 Å². The van der Waals surface area contributed by atoms with Gasteiger partial charge in [-0.05, 0) is 11.4 Å². The molecule has 0 amide bonds. The van der Waals surface area contributed by atoms with Gasteiger partial charge in [-0.3, -0.25) is 14.4 Å². The first kappa shape index (κ1) is 12.0. The first-order valence-electron chi connectivity index (χ1n) is 5.29. The van der Waals surface area contributed by atoms with Gasteiger partial charge in [0.05, 0.1) is 13.5 Å². The molecule has 1 aromatic heterocycles. The second kappa shape index (κ2) is 4.79. The molecule has 2 unspecified atom stereocenters. The number of hydrogen-bond acceptors (Lipinski definition) is 5. The van der Waals surface area contributed by atoms with Gasteiger partial charge in [0.15, 0.2) is 5.78 Å². The first-order chi connectivity index (χ1) is 8.13. The number of carbonyl (C=O) groups is 3. The van der Waals surface area contributed by atoms with Crippen molar-refractivity contribution < 1.29 is 19.1 Å². The molecule has 0 aliphatic heterocycles. The summed E-state index contributed by atoms with van der Waals surface area (Å²) >= 11 is 1.45. The van der Waals surface area contributed by atoms with Crippen LogP contribution in [0.3, 0.4) is 0 Å². The van der Waals surface area contributed by atoms with Gasteiger partial charge in [-0.2, -0.15) is 0 Å². The van der Waals surface area contributed by atoms with Crippen LogP contribution in [-0.2, 0) is 19.1 Å². The average Bonchev–Trinajstić information content (AvgIpc) is 2.80. The normalized spacial score (nSPS) is 24.8. The summed E-state index contributed by atoms with van der Waals surface area (Å²) in [5.41, 5.74) is 0. The zero-order valence-electron chi connectivity index (χ0n) is 9.34. The van der Waals surface area contributed by atoms with Gasteiger partial charge in [0.1, 0.15) is 11.7 Å². The van der Waals surface area contributed by atoms with Crippen molar-refractivity contribution in [3.63, 3.8) is 0 Å². The molecule has 90 valence electrons. The molecule has 0 spiro atoms. The number of ether oxygens (including phenoxy) is 1. The Bertz CT molecular complexity index is 449. The quantitative estimate of drug-likeness (QED) is 0.592. The van der Waals surface area contributed by atoms with Crippen molar-refractivity contribution in [3.8, 4) is 0 Å². The van der Waals surface area contributed by atoms with Crippen molar-refractivity contribution in [2.75, 3.05) is 7.11 Å².